The number of primary amides is 1. The minimum atomic E-state index is -0.680. The van der Waals surface area contributed by atoms with Crippen molar-refractivity contribution < 1.29 is 9.53 Å². The minimum Gasteiger partial charge on any atom is -0.447 e. The monoisotopic (exact) mass is 159 g/mol. The van der Waals surface area contributed by atoms with Gasteiger partial charge in [0.05, 0.1) is 0 Å². The average molecular weight is 159 g/mol. The first kappa shape index (κ1) is 10.3. The van der Waals surface area contributed by atoms with Crippen LogP contribution in [0.5, 0.6) is 0 Å². The highest BCUT2D eigenvalue weighted by Crippen LogP contribution is 2.11. The Bertz CT molecular complexity index is 125. The van der Waals surface area contributed by atoms with Crippen molar-refractivity contribution in [2.24, 2.45) is 11.7 Å². The SMILES string of the molecule is CCC(C)CC(C)OC(N)=O. The van der Waals surface area contributed by atoms with E-state index in [-0.39, 0.29) is 6.10 Å². The molecule has 0 fully saturated rings. The Morgan fingerprint density at radius 2 is 2.09 bits per heavy atom. The molecule has 0 aliphatic rings. The maximum Gasteiger partial charge on any atom is 0.404 e. The number of ether oxygens (including phenoxy) is 1. The molecule has 0 saturated heterocycles. The van der Waals surface area contributed by atoms with Crippen molar-refractivity contribution in [2.45, 2.75) is 39.7 Å². The van der Waals surface area contributed by atoms with E-state index in [2.05, 4.69) is 13.8 Å². The number of carbonyl (C=O) groups excluding carboxylic acids is 1. The molecule has 2 atom stereocenters. The van der Waals surface area contributed by atoms with E-state index in [0.29, 0.717) is 5.92 Å². The van der Waals surface area contributed by atoms with Crippen LogP contribution in [0.1, 0.15) is 33.6 Å². The van der Waals surface area contributed by atoms with E-state index in [0.717, 1.165) is 12.8 Å². The van der Waals surface area contributed by atoms with Crippen molar-refractivity contribution in [3.05, 3.63) is 0 Å². The van der Waals surface area contributed by atoms with Gasteiger partial charge in [-0.3, -0.25) is 0 Å². The number of hydrogen-bond acceptors (Lipinski definition) is 2. The van der Waals surface area contributed by atoms with E-state index in [1.807, 2.05) is 6.92 Å². The molecule has 0 heterocycles. The van der Waals surface area contributed by atoms with Gasteiger partial charge in [0.25, 0.3) is 0 Å². The first-order chi connectivity index (χ1) is 5.06. The zero-order valence-corrected chi connectivity index (χ0v) is 7.46. The van der Waals surface area contributed by atoms with E-state index in [9.17, 15) is 4.79 Å². The molecule has 0 bridgehead atoms. The summed E-state index contributed by atoms with van der Waals surface area (Å²) in [5, 5.41) is 0. The highest BCUT2D eigenvalue weighted by molar-refractivity contribution is 5.64. The Morgan fingerprint density at radius 1 is 1.55 bits per heavy atom. The molecule has 0 saturated carbocycles. The summed E-state index contributed by atoms with van der Waals surface area (Å²) in [5.41, 5.74) is 4.85. The van der Waals surface area contributed by atoms with Gasteiger partial charge in [-0.1, -0.05) is 20.3 Å². The maximum absolute atomic E-state index is 10.3. The van der Waals surface area contributed by atoms with Crippen LogP contribution in [-0.2, 0) is 4.74 Å². The van der Waals surface area contributed by atoms with Gasteiger partial charge in [-0.05, 0) is 19.3 Å². The van der Waals surface area contributed by atoms with Gasteiger partial charge in [-0.25, -0.2) is 4.79 Å². The Labute approximate surface area is 67.9 Å². The topological polar surface area (TPSA) is 52.3 Å². The lowest BCUT2D eigenvalue weighted by molar-refractivity contribution is 0.102. The summed E-state index contributed by atoms with van der Waals surface area (Å²) in [6, 6.07) is 0. The summed E-state index contributed by atoms with van der Waals surface area (Å²) in [4.78, 5) is 10.3. The Morgan fingerprint density at radius 3 is 2.45 bits per heavy atom. The smallest absolute Gasteiger partial charge is 0.404 e. The highest BCUT2D eigenvalue weighted by Gasteiger charge is 2.09. The van der Waals surface area contributed by atoms with Crippen LogP contribution in [0.4, 0.5) is 4.79 Å². The van der Waals surface area contributed by atoms with Crippen LogP contribution in [0.3, 0.4) is 0 Å². The molecule has 1 amide bonds. The van der Waals surface area contributed by atoms with Crippen molar-refractivity contribution in [3.63, 3.8) is 0 Å². The lowest BCUT2D eigenvalue weighted by Gasteiger charge is -2.14. The molecule has 11 heavy (non-hydrogen) atoms. The van der Waals surface area contributed by atoms with Gasteiger partial charge in [-0.15, -0.1) is 0 Å². The fourth-order valence-corrected chi connectivity index (χ4v) is 0.980. The van der Waals surface area contributed by atoms with Gasteiger partial charge in [0.15, 0.2) is 0 Å². The summed E-state index contributed by atoms with van der Waals surface area (Å²) in [7, 11) is 0. The van der Waals surface area contributed by atoms with Crippen LogP contribution >= 0.6 is 0 Å². The van der Waals surface area contributed by atoms with Crippen LogP contribution in [0.25, 0.3) is 0 Å². The van der Waals surface area contributed by atoms with Gasteiger partial charge >= 0.3 is 6.09 Å². The van der Waals surface area contributed by atoms with Gasteiger partial charge in [0.1, 0.15) is 6.10 Å². The number of carbonyl (C=O) groups is 1. The second kappa shape index (κ2) is 4.99. The molecule has 0 radical (unpaired) electrons. The summed E-state index contributed by atoms with van der Waals surface area (Å²) < 4.78 is 4.76. The first-order valence-corrected chi connectivity index (χ1v) is 4.02. The average Bonchev–Trinajstić information content (AvgIpc) is 1.85. The van der Waals surface area contributed by atoms with Gasteiger partial charge in [0.2, 0.25) is 0 Å². The van der Waals surface area contributed by atoms with Crippen molar-refractivity contribution in [3.8, 4) is 0 Å². The molecule has 0 aliphatic carbocycles. The van der Waals surface area contributed by atoms with Gasteiger partial charge in [0, 0.05) is 0 Å². The van der Waals surface area contributed by atoms with Crippen LogP contribution in [0.15, 0.2) is 0 Å². The zero-order chi connectivity index (χ0) is 8.85. The predicted octanol–water partition coefficient (Wildman–Crippen LogP) is 1.91. The van der Waals surface area contributed by atoms with Crippen molar-refractivity contribution in [2.75, 3.05) is 0 Å². The van der Waals surface area contributed by atoms with Gasteiger partial charge in [-0.2, -0.15) is 0 Å². The molecule has 0 aromatic carbocycles. The summed E-state index contributed by atoms with van der Waals surface area (Å²) in [6.07, 6.45) is 1.26. The standard InChI is InChI=1S/C8H17NO2/c1-4-6(2)5-7(3)11-8(9)10/h6-7H,4-5H2,1-3H3,(H2,9,10). The normalized spacial score (nSPS) is 15.5. The molecule has 66 valence electrons. The zero-order valence-electron chi connectivity index (χ0n) is 7.46. The molecule has 0 aliphatic heterocycles. The van der Waals surface area contributed by atoms with E-state index >= 15 is 0 Å². The second-order valence-corrected chi connectivity index (χ2v) is 3.00. The molecule has 0 spiro atoms. The van der Waals surface area contributed by atoms with Crippen molar-refractivity contribution in [1.29, 1.82) is 0 Å². The maximum atomic E-state index is 10.3. The molecule has 3 heteroatoms. The molecule has 3 nitrogen and oxygen atoms in total. The summed E-state index contributed by atoms with van der Waals surface area (Å²) in [6.45, 7) is 6.10. The lowest BCUT2D eigenvalue weighted by atomic mass is 10.0. The lowest BCUT2D eigenvalue weighted by Crippen LogP contribution is -2.21. The summed E-state index contributed by atoms with van der Waals surface area (Å²) >= 11 is 0. The third-order valence-electron chi connectivity index (χ3n) is 1.75. The number of rotatable bonds is 4. The van der Waals surface area contributed by atoms with Gasteiger partial charge < -0.3 is 10.5 Å². The molecular formula is C8H17NO2. The third kappa shape index (κ3) is 5.70. The highest BCUT2D eigenvalue weighted by atomic mass is 16.6. The van der Waals surface area contributed by atoms with Crippen LogP contribution in [0, 0.1) is 5.92 Å². The Hall–Kier alpha value is -0.730. The predicted molar refractivity (Wildman–Crippen MR) is 44.2 cm³/mol. The molecular weight excluding hydrogens is 142 g/mol. The minimum absolute atomic E-state index is 0.0533. The van der Waals surface area contributed by atoms with E-state index in [4.69, 9.17) is 10.5 Å². The van der Waals surface area contributed by atoms with Crippen LogP contribution in [0.2, 0.25) is 0 Å². The van der Waals surface area contributed by atoms with Crippen LogP contribution < -0.4 is 5.73 Å². The second-order valence-electron chi connectivity index (χ2n) is 3.00. The number of hydrogen-bond donors (Lipinski definition) is 1. The van der Waals surface area contributed by atoms with E-state index in [1.54, 1.807) is 0 Å². The van der Waals surface area contributed by atoms with Crippen LogP contribution in [-0.4, -0.2) is 12.2 Å². The number of amides is 1. The molecule has 0 aromatic heterocycles. The third-order valence-corrected chi connectivity index (χ3v) is 1.75. The fraction of sp³-hybridized carbons (Fsp3) is 0.875. The largest absolute Gasteiger partial charge is 0.447 e. The molecule has 0 aromatic rings. The van der Waals surface area contributed by atoms with Crippen molar-refractivity contribution >= 4 is 6.09 Å². The van der Waals surface area contributed by atoms with E-state index in [1.165, 1.54) is 0 Å². The van der Waals surface area contributed by atoms with Crippen molar-refractivity contribution in [1.82, 2.24) is 0 Å². The fourth-order valence-electron chi connectivity index (χ4n) is 0.980. The quantitative estimate of drug-likeness (QED) is 0.681. The molecule has 2 N–H and O–H groups in total. The first-order valence-electron chi connectivity index (χ1n) is 4.02. The Kier molecular flexibility index (Phi) is 4.66. The number of nitrogens with two attached hydrogens (primary N) is 1. The molecule has 0 rings (SSSR count). The molecule has 2 unspecified atom stereocenters. The Balaban J connectivity index is 3.51. The van der Waals surface area contributed by atoms with E-state index < -0.39 is 6.09 Å². The summed E-state index contributed by atoms with van der Waals surface area (Å²) in [5.74, 6) is 0.587.